The quantitative estimate of drug-likeness (QED) is 0.617. The zero-order chi connectivity index (χ0) is 13.5. The smallest absolute Gasteiger partial charge is 0.0702 e. The molecule has 2 saturated heterocycles. The number of likely N-dealkylation sites (N-methyl/N-ethyl adjacent to an activating group) is 1. The van der Waals surface area contributed by atoms with E-state index in [-0.39, 0.29) is 0 Å². The zero-order valence-electron chi connectivity index (χ0n) is 12.6. The fraction of sp³-hybridized carbons (Fsp3) is 0.867. The van der Waals surface area contributed by atoms with Gasteiger partial charge >= 0.3 is 0 Å². The third kappa shape index (κ3) is 5.13. The molecule has 0 N–H and O–H groups in total. The molecule has 0 amide bonds. The third-order valence-electron chi connectivity index (χ3n) is 4.28. The first-order valence-corrected chi connectivity index (χ1v) is 7.78. The molecule has 19 heavy (non-hydrogen) atoms. The zero-order valence-corrected chi connectivity index (χ0v) is 12.6. The Kier molecular flexibility index (Phi) is 6.14. The fourth-order valence-corrected chi connectivity index (χ4v) is 3.00. The van der Waals surface area contributed by atoms with Gasteiger partial charge in [0.05, 0.1) is 13.3 Å². The van der Waals surface area contributed by atoms with Gasteiger partial charge in [-0.05, 0) is 39.2 Å². The van der Waals surface area contributed by atoms with Crippen molar-refractivity contribution in [1.29, 1.82) is 0 Å². The predicted octanol–water partition coefficient (Wildman–Crippen LogP) is 1.47. The van der Waals surface area contributed by atoms with Crippen LogP contribution in [0.2, 0.25) is 0 Å². The molecule has 2 rings (SSSR count). The Hall–Kier alpha value is -0.580. The first-order chi connectivity index (χ1) is 9.28. The van der Waals surface area contributed by atoms with Gasteiger partial charge in [-0.2, -0.15) is 0 Å². The van der Waals surface area contributed by atoms with Crippen LogP contribution >= 0.6 is 0 Å². The molecule has 0 unspecified atom stereocenters. The highest BCUT2D eigenvalue weighted by Gasteiger charge is 2.16. The minimum atomic E-state index is 1.09. The monoisotopic (exact) mass is 266 g/mol. The fourth-order valence-electron chi connectivity index (χ4n) is 3.00. The van der Waals surface area contributed by atoms with Crippen LogP contribution in [0.5, 0.6) is 0 Å². The van der Waals surface area contributed by atoms with E-state index in [0.717, 1.165) is 13.2 Å². The van der Waals surface area contributed by atoms with Gasteiger partial charge in [-0.15, -0.1) is 0 Å². The van der Waals surface area contributed by atoms with Crippen molar-refractivity contribution in [2.45, 2.75) is 25.7 Å². The van der Waals surface area contributed by atoms with Gasteiger partial charge in [0.1, 0.15) is 0 Å². The molecule has 4 nitrogen and oxygen atoms in total. The second kappa shape index (κ2) is 7.88. The third-order valence-corrected chi connectivity index (χ3v) is 4.28. The van der Waals surface area contributed by atoms with Gasteiger partial charge in [0.25, 0.3) is 0 Å². The van der Waals surface area contributed by atoms with Crippen molar-refractivity contribution in [3.8, 4) is 0 Å². The summed E-state index contributed by atoms with van der Waals surface area (Å²) in [5.41, 5.74) is 0. The van der Waals surface area contributed by atoms with Gasteiger partial charge in [0.2, 0.25) is 0 Å². The SMILES string of the molecule is C=CN1CCN(CCCCCCN2CCN(C)C2)C1. The van der Waals surface area contributed by atoms with E-state index in [4.69, 9.17) is 0 Å². The number of unbranched alkanes of at least 4 members (excludes halogenated alkanes) is 3. The Morgan fingerprint density at radius 2 is 1.47 bits per heavy atom. The summed E-state index contributed by atoms with van der Waals surface area (Å²) < 4.78 is 0. The molecule has 0 saturated carbocycles. The van der Waals surface area contributed by atoms with Gasteiger partial charge < -0.3 is 4.90 Å². The summed E-state index contributed by atoms with van der Waals surface area (Å²) in [5, 5.41) is 0. The van der Waals surface area contributed by atoms with Gasteiger partial charge in [-0.25, -0.2) is 0 Å². The highest BCUT2D eigenvalue weighted by molar-refractivity contribution is 4.78. The Labute approximate surface area is 118 Å². The highest BCUT2D eigenvalue weighted by atomic mass is 15.4. The topological polar surface area (TPSA) is 13.0 Å². The lowest BCUT2D eigenvalue weighted by Crippen LogP contribution is -2.24. The van der Waals surface area contributed by atoms with Crippen molar-refractivity contribution < 1.29 is 0 Å². The van der Waals surface area contributed by atoms with Crippen molar-refractivity contribution in [2.24, 2.45) is 0 Å². The van der Waals surface area contributed by atoms with Crippen molar-refractivity contribution in [3.63, 3.8) is 0 Å². The van der Waals surface area contributed by atoms with Crippen LogP contribution in [0.25, 0.3) is 0 Å². The molecule has 2 fully saturated rings. The largest absolute Gasteiger partial charge is 0.364 e. The van der Waals surface area contributed by atoms with Crippen LogP contribution in [0.1, 0.15) is 25.7 Å². The van der Waals surface area contributed by atoms with Crippen molar-refractivity contribution in [2.75, 3.05) is 59.7 Å². The van der Waals surface area contributed by atoms with E-state index in [1.165, 1.54) is 65.1 Å². The first kappa shape index (κ1) is 14.8. The van der Waals surface area contributed by atoms with E-state index < -0.39 is 0 Å². The molecule has 0 atom stereocenters. The second-order valence-electron chi connectivity index (χ2n) is 6.01. The van der Waals surface area contributed by atoms with Crippen molar-refractivity contribution in [1.82, 2.24) is 19.6 Å². The molecule has 0 spiro atoms. The maximum atomic E-state index is 3.83. The number of hydrogen-bond donors (Lipinski definition) is 0. The predicted molar refractivity (Wildman–Crippen MR) is 80.9 cm³/mol. The summed E-state index contributed by atoms with van der Waals surface area (Å²) in [6, 6.07) is 0. The summed E-state index contributed by atoms with van der Waals surface area (Å²) in [7, 11) is 2.21. The van der Waals surface area contributed by atoms with Crippen LogP contribution in [0.15, 0.2) is 12.8 Å². The second-order valence-corrected chi connectivity index (χ2v) is 6.01. The minimum absolute atomic E-state index is 1.09. The van der Waals surface area contributed by atoms with Gasteiger partial charge in [-0.3, -0.25) is 14.7 Å². The molecule has 110 valence electrons. The summed E-state index contributed by atoms with van der Waals surface area (Å²) in [6.45, 7) is 13.5. The summed E-state index contributed by atoms with van der Waals surface area (Å²) in [4.78, 5) is 9.81. The molecule has 0 radical (unpaired) electrons. The molecule has 0 aromatic heterocycles. The van der Waals surface area contributed by atoms with E-state index in [2.05, 4.69) is 33.2 Å². The average molecular weight is 266 g/mol. The van der Waals surface area contributed by atoms with E-state index >= 15 is 0 Å². The summed E-state index contributed by atoms with van der Waals surface area (Å²) >= 11 is 0. The van der Waals surface area contributed by atoms with Crippen LogP contribution in [-0.4, -0.2) is 79.3 Å². The van der Waals surface area contributed by atoms with Crippen LogP contribution in [0, 0.1) is 0 Å². The van der Waals surface area contributed by atoms with Crippen LogP contribution in [-0.2, 0) is 0 Å². The lowest BCUT2D eigenvalue weighted by Gasteiger charge is -2.17. The number of nitrogens with zero attached hydrogens (tertiary/aromatic N) is 4. The molecule has 0 bridgehead atoms. The standard InChI is InChI=1S/C15H30N4/c1-3-17-12-13-19(15-17)9-7-5-4-6-8-18-11-10-16(2)14-18/h3H,1,4-15H2,2H3. The molecule has 2 aliphatic rings. The lowest BCUT2D eigenvalue weighted by molar-refractivity contribution is 0.264. The van der Waals surface area contributed by atoms with Crippen LogP contribution in [0.3, 0.4) is 0 Å². The number of rotatable bonds is 8. The molecule has 0 aromatic carbocycles. The minimum Gasteiger partial charge on any atom is -0.364 e. The Morgan fingerprint density at radius 3 is 2.00 bits per heavy atom. The van der Waals surface area contributed by atoms with E-state index in [1.807, 2.05) is 6.20 Å². The first-order valence-electron chi connectivity index (χ1n) is 7.78. The highest BCUT2D eigenvalue weighted by Crippen LogP contribution is 2.09. The molecule has 0 aliphatic carbocycles. The van der Waals surface area contributed by atoms with Crippen LogP contribution in [0.4, 0.5) is 0 Å². The van der Waals surface area contributed by atoms with Crippen molar-refractivity contribution in [3.05, 3.63) is 12.8 Å². The molecular weight excluding hydrogens is 236 g/mol. The molecule has 4 heteroatoms. The lowest BCUT2D eigenvalue weighted by atomic mass is 10.2. The van der Waals surface area contributed by atoms with E-state index in [9.17, 15) is 0 Å². The average Bonchev–Trinajstić information content (AvgIpc) is 3.02. The van der Waals surface area contributed by atoms with Gasteiger partial charge in [-0.1, -0.05) is 19.4 Å². The van der Waals surface area contributed by atoms with Gasteiger partial charge in [0, 0.05) is 26.2 Å². The summed E-state index contributed by atoms with van der Waals surface area (Å²) in [6.07, 6.45) is 7.46. The molecular formula is C15H30N4. The van der Waals surface area contributed by atoms with E-state index in [1.54, 1.807) is 0 Å². The molecule has 2 heterocycles. The molecule has 0 aromatic rings. The number of hydrogen-bond acceptors (Lipinski definition) is 4. The Balaban J connectivity index is 1.41. The Bertz CT molecular complexity index is 269. The Morgan fingerprint density at radius 1 is 0.842 bits per heavy atom. The van der Waals surface area contributed by atoms with Gasteiger partial charge in [0.15, 0.2) is 0 Å². The van der Waals surface area contributed by atoms with E-state index in [0.29, 0.717) is 0 Å². The maximum absolute atomic E-state index is 3.83. The maximum Gasteiger partial charge on any atom is 0.0702 e. The summed E-state index contributed by atoms with van der Waals surface area (Å²) in [5.74, 6) is 0. The van der Waals surface area contributed by atoms with Crippen molar-refractivity contribution >= 4 is 0 Å². The van der Waals surface area contributed by atoms with Crippen LogP contribution < -0.4 is 0 Å². The molecule has 2 aliphatic heterocycles. The normalized spacial score (nSPS) is 22.5.